The summed E-state index contributed by atoms with van der Waals surface area (Å²) in [5, 5.41) is 13.1. The van der Waals surface area contributed by atoms with Crippen LogP contribution in [0.25, 0.3) is 0 Å². The van der Waals surface area contributed by atoms with Gasteiger partial charge in [0.1, 0.15) is 11.6 Å². The summed E-state index contributed by atoms with van der Waals surface area (Å²) in [6.07, 6.45) is 14.7. The van der Waals surface area contributed by atoms with Gasteiger partial charge in [-0.3, -0.25) is 14.6 Å². The number of nitrogens with zero attached hydrogens (tertiary/aromatic N) is 3. The molecule has 9 nitrogen and oxygen atoms in total. The van der Waals surface area contributed by atoms with E-state index in [2.05, 4.69) is 10.3 Å². The van der Waals surface area contributed by atoms with Crippen molar-refractivity contribution in [3.8, 4) is 11.5 Å². The number of hydrogen-bond donors (Lipinski definition) is 3. The van der Waals surface area contributed by atoms with Crippen LogP contribution in [-0.4, -0.2) is 51.4 Å². The number of aryl methyl sites for hydroxylation is 2. The molecule has 9 heteroatoms. The molecule has 0 bridgehead atoms. The van der Waals surface area contributed by atoms with Gasteiger partial charge in [-0.1, -0.05) is 25.3 Å². The Bertz CT molecular complexity index is 1020. The standard InChI is InChI=1S/C28H41N5O4/c1-37-27-18-21(11-13-26(27)36)10-12-25(35)19-24(34)9-5-8-23(14-16-33-17-15-30-20-33)32-28(29)31-22-6-3-2-4-7-22/h11,13,15,17-18,20,22-23,36H,2-10,12,14,16,19H2,1H3,(H3,29,31,32)/t23-/m1/s1. The van der Waals surface area contributed by atoms with Crippen LogP contribution in [0.1, 0.15) is 76.2 Å². The third kappa shape index (κ3) is 10.3. The molecule has 1 saturated carbocycles. The first-order valence-corrected chi connectivity index (χ1v) is 13.4. The second-order valence-corrected chi connectivity index (χ2v) is 9.89. The Morgan fingerprint density at radius 3 is 2.73 bits per heavy atom. The van der Waals surface area contributed by atoms with Gasteiger partial charge in [0.05, 0.1) is 25.9 Å². The number of carbonyl (C=O) groups is 2. The summed E-state index contributed by atoms with van der Waals surface area (Å²) in [4.78, 5) is 33.6. The van der Waals surface area contributed by atoms with Crippen molar-refractivity contribution in [1.82, 2.24) is 14.9 Å². The minimum atomic E-state index is -0.0734. The third-order valence-corrected chi connectivity index (χ3v) is 6.88. The number of aromatic nitrogens is 2. The fourth-order valence-electron chi connectivity index (χ4n) is 4.77. The Kier molecular flexibility index (Phi) is 11.5. The van der Waals surface area contributed by atoms with Crippen molar-refractivity contribution in [3.63, 3.8) is 0 Å². The lowest BCUT2D eigenvalue weighted by atomic mass is 9.96. The summed E-state index contributed by atoms with van der Waals surface area (Å²) in [6, 6.07) is 5.40. The lowest BCUT2D eigenvalue weighted by Gasteiger charge is -2.22. The van der Waals surface area contributed by atoms with Crippen LogP contribution in [0.4, 0.5) is 0 Å². The van der Waals surface area contributed by atoms with Gasteiger partial charge in [0, 0.05) is 37.8 Å². The van der Waals surface area contributed by atoms with Gasteiger partial charge in [0.25, 0.3) is 0 Å². The van der Waals surface area contributed by atoms with E-state index in [1.54, 1.807) is 30.7 Å². The van der Waals surface area contributed by atoms with Crippen LogP contribution < -0.4 is 15.8 Å². The number of phenols is 1. The van der Waals surface area contributed by atoms with Gasteiger partial charge in [-0.15, -0.1) is 0 Å². The van der Waals surface area contributed by atoms with E-state index in [9.17, 15) is 14.7 Å². The van der Waals surface area contributed by atoms with Gasteiger partial charge in [0.15, 0.2) is 17.5 Å². The molecule has 1 aromatic carbocycles. The number of aromatic hydroxyl groups is 1. The molecule has 1 atom stereocenters. The number of nitrogens with one attached hydrogen (secondary N) is 1. The molecule has 0 spiro atoms. The Morgan fingerprint density at radius 2 is 2.00 bits per heavy atom. The van der Waals surface area contributed by atoms with Gasteiger partial charge in [-0.05, 0) is 56.2 Å². The molecule has 0 radical (unpaired) electrons. The Morgan fingerprint density at radius 1 is 1.22 bits per heavy atom. The van der Waals surface area contributed by atoms with Gasteiger partial charge in [-0.25, -0.2) is 4.98 Å². The average Bonchev–Trinajstić information content (AvgIpc) is 3.41. The summed E-state index contributed by atoms with van der Waals surface area (Å²) < 4.78 is 7.13. The zero-order valence-corrected chi connectivity index (χ0v) is 21.9. The maximum Gasteiger partial charge on any atom is 0.189 e. The minimum absolute atomic E-state index is 0.0366. The highest BCUT2D eigenvalue weighted by molar-refractivity contribution is 5.99. The predicted molar refractivity (Wildman–Crippen MR) is 144 cm³/mol. The zero-order chi connectivity index (χ0) is 26.5. The molecule has 1 aromatic heterocycles. The van der Waals surface area contributed by atoms with Crippen LogP contribution in [-0.2, 0) is 22.6 Å². The number of rotatable bonds is 15. The molecule has 1 aliphatic carbocycles. The van der Waals surface area contributed by atoms with E-state index in [1.165, 1.54) is 26.4 Å². The maximum absolute atomic E-state index is 12.5. The van der Waals surface area contributed by atoms with E-state index in [1.807, 2.05) is 10.8 Å². The van der Waals surface area contributed by atoms with Crippen molar-refractivity contribution in [2.75, 3.05) is 7.11 Å². The predicted octanol–water partition coefficient (Wildman–Crippen LogP) is 3.92. The molecule has 0 saturated heterocycles. The Balaban J connectivity index is 1.42. The molecule has 202 valence electrons. The highest BCUT2D eigenvalue weighted by Crippen LogP contribution is 2.27. The van der Waals surface area contributed by atoms with Gasteiger partial charge in [0.2, 0.25) is 0 Å². The number of guanidine groups is 1. The van der Waals surface area contributed by atoms with Crippen molar-refractivity contribution in [2.24, 2.45) is 10.7 Å². The number of benzene rings is 1. The molecule has 1 aliphatic rings. The van der Waals surface area contributed by atoms with E-state index in [4.69, 9.17) is 15.5 Å². The molecule has 1 heterocycles. The van der Waals surface area contributed by atoms with Gasteiger partial charge in [-0.2, -0.15) is 0 Å². The van der Waals surface area contributed by atoms with Gasteiger partial charge >= 0.3 is 0 Å². The number of carbonyl (C=O) groups excluding carboxylic acids is 2. The van der Waals surface area contributed by atoms with E-state index in [0.29, 0.717) is 37.0 Å². The molecule has 0 amide bonds. The van der Waals surface area contributed by atoms with E-state index in [0.717, 1.165) is 37.8 Å². The number of Topliss-reactive ketones (excluding diaryl/α,β-unsaturated/α-hetero) is 2. The first-order chi connectivity index (χ1) is 17.9. The molecule has 3 rings (SSSR count). The van der Waals surface area contributed by atoms with Crippen molar-refractivity contribution in [3.05, 3.63) is 42.5 Å². The van der Waals surface area contributed by atoms with Crippen LogP contribution >= 0.6 is 0 Å². The highest BCUT2D eigenvalue weighted by Gasteiger charge is 2.16. The zero-order valence-electron chi connectivity index (χ0n) is 21.9. The van der Waals surface area contributed by atoms with Crippen LogP contribution in [0.2, 0.25) is 0 Å². The lowest BCUT2D eigenvalue weighted by Crippen LogP contribution is -2.41. The minimum Gasteiger partial charge on any atom is -0.504 e. The second kappa shape index (κ2) is 15.0. The monoisotopic (exact) mass is 511 g/mol. The van der Waals surface area contributed by atoms with Crippen LogP contribution in [0.5, 0.6) is 11.5 Å². The van der Waals surface area contributed by atoms with E-state index < -0.39 is 0 Å². The summed E-state index contributed by atoms with van der Waals surface area (Å²) in [5.74, 6) is 0.810. The maximum atomic E-state index is 12.5. The fraction of sp³-hybridized carbons (Fsp3) is 0.571. The molecule has 0 unspecified atom stereocenters. The Hall–Kier alpha value is -3.36. The number of imidazole rings is 1. The number of ether oxygens (including phenoxy) is 1. The summed E-state index contributed by atoms with van der Waals surface area (Å²) in [5.41, 5.74) is 7.13. The molecule has 2 aromatic rings. The quantitative estimate of drug-likeness (QED) is 0.188. The number of ketones is 2. The topological polar surface area (TPSA) is 132 Å². The number of hydrogen-bond acceptors (Lipinski definition) is 6. The average molecular weight is 512 g/mol. The fourth-order valence-corrected chi connectivity index (χ4v) is 4.77. The van der Waals surface area contributed by atoms with E-state index in [-0.39, 0.29) is 36.2 Å². The third-order valence-electron chi connectivity index (χ3n) is 6.88. The summed E-state index contributed by atoms with van der Waals surface area (Å²) in [7, 11) is 1.48. The first-order valence-electron chi connectivity index (χ1n) is 13.4. The Labute approximate surface area is 219 Å². The number of aliphatic imine (C=N–C) groups is 1. The number of nitrogens with two attached hydrogens (primary N) is 1. The van der Waals surface area contributed by atoms with Crippen molar-refractivity contribution >= 4 is 17.5 Å². The second-order valence-electron chi connectivity index (χ2n) is 9.89. The molecule has 4 N–H and O–H groups in total. The number of phenolic OH excluding ortho intramolecular Hbond substituents is 1. The molecule has 37 heavy (non-hydrogen) atoms. The van der Waals surface area contributed by atoms with Gasteiger partial charge < -0.3 is 25.5 Å². The lowest BCUT2D eigenvalue weighted by molar-refractivity contribution is -0.127. The van der Waals surface area contributed by atoms with Crippen molar-refractivity contribution < 1.29 is 19.4 Å². The molecular weight excluding hydrogens is 470 g/mol. The van der Waals surface area contributed by atoms with Crippen LogP contribution in [0.3, 0.4) is 0 Å². The molecule has 1 fully saturated rings. The van der Waals surface area contributed by atoms with E-state index >= 15 is 0 Å². The van der Waals surface area contributed by atoms with Crippen LogP contribution in [0, 0.1) is 0 Å². The molecular formula is C28H41N5O4. The van der Waals surface area contributed by atoms with Crippen molar-refractivity contribution in [1.29, 1.82) is 0 Å². The summed E-state index contributed by atoms with van der Waals surface area (Å²) in [6.45, 7) is 0.794. The summed E-state index contributed by atoms with van der Waals surface area (Å²) >= 11 is 0. The molecule has 0 aliphatic heterocycles. The normalized spacial score (nSPS) is 15.3. The van der Waals surface area contributed by atoms with Crippen molar-refractivity contribution in [2.45, 2.75) is 95.7 Å². The first kappa shape index (κ1) is 28.2. The van der Waals surface area contributed by atoms with Crippen LogP contribution in [0.15, 0.2) is 41.9 Å². The highest BCUT2D eigenvalue weighted by atomic mass is 16.5. The largest absolute Gasteiger partial charge is 0.504 e. The SMILES string of the molecule is COc1cc(CCC(=O)CC(=O)CCC[C@H](CCn2ccnc2)NC(N)=NC2CCCCC2)ccc1O. The number of methoxy groups -OCH3 is 1. The smallest absolute Gasteiger partial charge is 0.189 e.